The molecule has 0 bridgehead atoms. The number of primary sulfonamides is 1. The Kier molecular flexibility index (Phi) is 12.4. The van der Waals surface area contributed by atoms with Crippen LogP contribution in [0.5, 0.6) is 17.2 Å². The van der Waals surface area contributed by atoms with Crippen molar-refractivity contribution in [3.8, 4) is 17.2 Å². The molecular weight excluding hydrogens is 937 g/mol. The van der Waals surface area contributed by atoms with Crippen LogP contribution in [-0.4, -0.2) is 91.6 Å². The maximum Gasteiger partial charge on any atom is 0.297 e. The van der Waals surface area contributed by atoms with Gasteiger partial charge < -0.3 is 29.8 Å². The second kappa shape index (κ2) is 18.1. The van der Waals surface area contributed by atoms with Gasteiger partial charge in [0.05, 0.1) is 27.0 Å². The third kappa shape index (κ3) is 9.31. The number of nitrogens with zero attached hydrogens (tertiary/aromatic N) is 4. The maximum atomic E-state index is 14.2. The molecule has 1 amide bonds. The summed E-state index contributed by atoms with van der Waals surface area (Å²) in [4.78, 5) is 37.4. The van der Waals surface area contributed by atoms with Gasteiger partial charge in [-0.1, -0.05) is 38.1 Å². The van der Waals surface area contributed by atoms with Crippen molar-refractivity contribution in [1.29, 1.82) is 0 Å². The maximum absolute atomic E-state index is 14.2. The number of amides is 1. The number of nitrogens with two attached hydrogens (primary N) is 1. The Bertz CT molecular complexity index is 3080. The van der Waals surface area contributed by atoms with Gasteiger partial charge in [0, 0.05) is 60.6 Å². The Labute approximate surface area is 407 Å². The minimum atomic E-state index is -4.80. The van der Waals surface area contributed by atoms with Crippen molar-refractivity contribution in [3.63, 3.8) is 0 Å². The van der Waals surface area contributed by atoms with Crippen LogP contribution in [0, 0.1) is 21.4 Å². The number of anilines is 2. The van der Waals surface area contributed by atoms with Crippen molar-refractivity contribution < 1.29 is 41.1 Å². The molecule has 1 spiro atoms. The number of likely N-dealkylation sites (tertiary alicyclic amines) is 1. The van der Waals surface area contributed by atoms with E-state index in [-0.39, 0.29) is 58.1 Å². The molecular formula is C50H60N8O10S2. The summed E-state index contributed by atoms with van der Waals surface area (Å²) in [5.74, 6) is -1.15. The lowest BCUT2D eigenvalue weighted by atomic mass is 9.59. The predicted molar refractivity (Wildman–Crippen MR) is 263 cm³/mol. The number of nitro benzene ring substituents is 1. The Balaban J connectivity index is 0.895. The van der Waals surface area contributed by atoms with E-state index in [2.05, 4.69) is 67.9 Å². The van der Waals surface area contributed by atoms with E-state index >= 15 is 0 Å². The van der Waals surface area contributed by atoms with Crippen molar-refractivity contribution in [2.24, 2.45) is 16.5 Å². The molecule has 5 heterocycles. The van der Waals surface area contributed by atoms with E-state index in [1.165, 1.54) is 29.7 Å². The molecule has 20 heteroatoms. The molecule has 372 valence electrons. The van der Waals surface area contributed by atoms with E-state index in [0.29, 0.717) is 67.8 Å². The molecule has 5 aliphatic rings. The predicted octanol–water partition coefficient (Wildman–Crippen LogP) is 7.85. The Morgan fingerprint density at radius 3 is 2.44 bits per heavy atom. The minimum Gasteiger partial charge on any atom is -0.489 e. The molecule has 3 aromatic carbocycles. The first kappa shape index (κ1) is 47.9. The number of aliphatic hydroxyl groups is 1. The van der Waals surface area contributed by atoms with Gasteiger partial charge in [0.1, 0.15) is 18.0 Å². The number of carbonyl (C=O) groups excluding carboxylic acids is 1. The summed E-state index contributed by atoms with van der Waals surface area (Å²) >= 11 is 0. The number of rotatable bonds is 12. The largest absolute Gasteiger partial charge is 0.489 e. The number of H-pyrrole nitrogens is 1. The van der Waals surface area contributed by atoms with E-state index in [4.69, 9.17) is 14.6 Å². The molecule has 10 rings (SSSR count). The van der Waals surface area contributed by atoms with Gasteiger partial charge in [-0.3, -0.25) is 19.8 Å². The minimum absolute atomic E-state index is 0.0260. The molecule has 0 radical (unpaired) electrons. The van der Waals surface area contributed by atoms with Gasteiger partial charge in [0.25, 0.3) is 31.6 Å². The number of aromatic amines is 1. The van der Waals surface area contributed by atoms with Gasteiger partial charge in [-0.05, 0) is 130 Å². The molecule has 2 aliphatic carbocycles. The van der Waals surface area contributed by atoms with Crippen LogP contribution < -0.4 is 29.6 Å². The topological polar surface area (TPSA) is 252 Å². The van der Waals surface area contributed by atoms with E-state index in [0.717, 1.165) is 50.8 Å². The number of piperidine rings is 1. The summed E-state index contributed by atoms with van der Waals surface area (Å²) in [6.07, 6.45) is 10.5. The highest BCUT2D eigenvalue weighted by atomic mass is 32.2. The van der Waals surface area contributed by atoms with Crippen LogP contribution in [0.25, 0.3) is 11.0 Å². The first-order valence-corrected chi connectivity index (χ1v) is 27.2. The summed E-state index contributed by atoms with van der Waals surface area (Å²) < 4.78 is 68.2. The number of carbonyl (C=O) groups is 1. The molecule has 2 aromatic heterocycles. The van der Waals surface area contributed by atoms with Gasteiger partial charge in [-0.25, -0.2) is 31.7 Å². The van der Waals surface area contributed by atoms with E-state index in [1.54, 1.807) is 31.3 Å². The average Bonchev–Trinajstić information content (AvgIpc) is 3.99. The molecule has 70 heavy (non-hydrogen) atoms. The molecule has 2 atom stereocenters. The summed E-state index contributed by atoms with van der Waals surface area (Å²) in [6.45, 7) is 8.93. The van der Waals surface area contributed by atoms with E-state index in [1.807, 2.05) is 0 Å². The smallest absolute Gasteiger partial charge is 0.297 e. The molecule has 5 aromatic rings. The Hall–Kier alpha value is -5.80. The molecule has 2 saturated carbocycles. The van der Waals surface area contributed by atoms with Crippen molar-refractivity contribution in [2.45, 2.75) is 125 Å². The fourth-order valence-corrected chi connectivity index (χ4v) is 13.3. The third-order valence-electron chi connectivity index (χ3n) is 15.6. The normalized spacial score (nSPS) is 23.9. The number of ether oxygens (including phenoxy) is 2. The quantitative estimate of drug-likeness (QED) is 0.0590. The summed E-state index contributed by atoms with van der Waals surface area (Å²) in [6, 6.07) is 19.2. The van der Waals surface area contributed by atoms with Crippen LogP contribution >= 0.6 is 0 Å². The number of nitrogens with one attached hydrogen (secondary N) is 3. The second-order valence-electron chi connectivity index (χ2n) is 20.7. The first-order chi connectivity index (χ1) is 33.3. The highest BCUT2D eigenvalue weighted by molar-refractivity contribution is 7.90. The number of pyridine rings is 1. The lowest BCUT2D eigenvalue weighted by molar-refractivity contribution is -0.384. The highest BCUT2D eigenvalue weighted by Crippen LogP contribution is 2.54. The number of hydrogen-bond acceptors (Lipinski definition) is 14. The SMILES string of the molecule is CC(C)c1ccccc1[C@@H]1CCCN1C1CC2(CCN(c3ccc(C(=O)NS(=O)(=O)c4cc5c(c([N+](=O)[O-])c4)N[C@@H]([C@H]4CC[C@](C)(O)CC4)CO5)c(Oc4cc5cc[nH]c5nc4S(N)(=O)=O)c3)CC2)C1. The van der Waals surface area contributed by atoms with Crippen LogP contribution in [0.2, 0.25) is 0 Å². The standard InChI is InChI=1S/C50H60N8O10S2/c1-30(2)36-7-4-5-8-37(36)40-9-6-20-57(40)34-27-50(28-34)17-21-56(22-18-50)33-10-11-38(42(24-33)68-44-23-32-14-19-52-46(32)54-48(44)69(51,63)64)47(59)55-70(65,66)35-25-41(58(61)62)45-43(26-35)67-29-39(53-45)31-12-15-49(3,60)16-13-31/h4-5,7-8,10-11,14,19,23-26,30-31,34,39-40,53,60H,6,9,12-13,15-18,20-22,27-29H2,1-3H3,(H,52,54)(H,55,59)(H2,51,63,64)/t31-,39-,40+,49-/m1/s1. The van der Waals surface area contributed by atoms with Gasteiger partial charge in [0.2, 0.25) is 5.03 Å². The molecule has 2 saturated heterocycles. The zero-order chi connectivity index (χ0) is 49.3. The number of nitro groups is 1. The monoisotopic (exact) mass is 996 g/mol. The fourth-order valence-electron chi connectivity index (χ4n) is 11.7. The fraction of sp³-hybridized carbons (Fsp3) is 0.480. The first-order valence-electron chi connectivity index (χ1n) is 24.2. The van der Waals surface area contributed by atoms with Gasteiger partial charge in [0.15, 0.2) is 17.2 Å². The molecule has 0 unspecified atom stereocenters. The number of benzene rings is 3. The van der Waals surface area contributed by atoms with Crippen molar-refractivity contribution >= 4 is 54.0 Å². The summed E-state index contributed by atoms with van der Waals surface area (Å²) in [7, 11) is -9.28. The van der Waals surface area contributed by atoms with Crippen molar-refractivity contribution in [2.75, 3.05) is 36.5 Å². The average molecular weight is 997 g/mol. The Morgan fingerprint density at radius 1 is 0.986 bits per heavy atom. The summed E-state index contributed by atoms with van der Waals surface area (Å²) in [5, 5.41) is 31.6. The second-order valence-corrected chi connectivity index (χ2v) is 23.8. The molecule has 3 aliphatic heterocycles. The zero-order valence-electron chi connectivity index (χ0n) is 39.5. The van der Waals surface area contributed by atoms with Crippen LogP contribution in [0.4, 0.5) is 17.1 Å². The van der Waals surface area contributed by atoms with E-state index < -0.39 is 52.1 Å². The van der Waals surface area contributed by atoms with Crippen molar-refractivity contribution in [1.82, 2.24) is 19.6 Å². The summed E-state index contributed by atoms with van der Waals surface area (Å²) in [5.41, 5.74) is 2.40. The lowest BCUT2D eigenvalue weighted by Gasteiger charge is -2.56. The number of sulfonamides is 2. The van der Waals surface area contributed by atoms with Crippen LogP contribution in [0.3, 0.4) is 0 Å². The van der Waals surface area contributed by atoms with Crippen LogP contribution in [0.1, 0.15) is 118 Å². The number of hydrogen-bond donors (Lipinski definition) is 5. The third-order valence-corrected chi connectivity index (χ3v) is 17.8. The number of fused-ring (bicyclic) bond motifs is 2. The molecule has 18 nitrogen and oxygen atoms in total. The zero-order valence-corrected chi connectivity index (χ0v) is 41.2. The van der Waals surface area contributed by atoms with E-state index in [9.17, 15) is 36.9 Å². The van der Waals surface area contributed by atoms with Crippen LogP contribution in [-0.2, 0) is 20.0 Å². The molecule has 6 N–H and O–H groups in total. The lowest BCUT2D eigenvalue weighted by Crippen LogP contribution is -2.54. The van der Waals surface area contributed by atoms with Gasteiger partial charge >= 0.3 is 0 Å². The Morgan fingerprint density at radius 2 is 1.73 bits per heavy atom. The van der Waals surface area contributed by atoms with Crippen molar-refractivity contribution in [3.05, 3.63) is 99.7 Å². The highest BCUT2D eigenvalue weighted by Gasteiger charge is 2.50. The number of aromatic nitrogens is 2. The molecule has 4 fully saturated rings. The van der Waals surface area contributed by atoms with Crippen LogP contribution in [0.15, 0.2) is 82.8 Å². The van der Waals surface area contributed by atoms with Gasteiger partial charge in [-0.15, -0.1) is 0 Å². The van der Waals surface area contributed by atoms with Gasteiger partial charge in [-0.2, -0.15) is 0 Å².